The third kappa shape index (κ3) is 4.26. The third-order valence-electron chi connectivity index (χ3n) is 6.89. The molecule has 1 saturated heterocycles. The largest absolute Gasteiger partial charge is 0.367 e. The number of aromatic nitrogens is 2. The molecule has 0 bridgehead atoms. The number of nitrogens with one attached hydrogen (secondary N) is 1. The zero-order valence-electron chi connectivity index (χ0n) is 18.3. The van der Waals surface area contributed by atoms with Crippen molar-refractivity contribution in [3.63, 3.8) is 0 Å². The lowest BCUT2D eigenvalue weighted by Gasteiger charge is -2.42. The summed E-state index contributed by atoms with van der Waals surface area (Å²) in [5.41, 5.74) is 0.624. The Kier molecular flexibility index (Phi) is 5.90. The fourth-order valence-corrected chi connectivity index (χ4v) is 5.07. The minimum atomic E-state index is -2.46. The number of amides is 1. The summed E-state index contributed by atoms with van der Waals surface area (Å²) in [7, 11) is 0. The van der Waals surface area contributed by atoms with Gasteiger partial charge in [0.25, 0.3) is 6.43 Å². The average Bonchev–Trinajstić information content (AvgIpc) is 3.18. The van der Waals surface area contributed by atoms with Crippen LogP contribution in [-0.2, 0) is 10.2 Å². The lowest BCUT2D eigenvalue weighted by Crippen LogP contribution is -2.49. The van der Waals surface area contributed by atoms with E-state index in [1.54, 1.807) is 0 Å². The summed E-state index contributed by atoms with van der Waals surface area (Å²) in [4.78, 5) is 15.0. The molecule has 3 heterocycles. The smallest absolute Gasteiger partial charge is 0.260 e. The van der Waals surface area contributed by atoms with E-state index >= 15 is 0 Å². The van der Waals surface area contributed by atoms with Gasteiger partial charge in [0.1, 0.15) is 11.9 Å². The number of rotatable bonds is 3. The molecule has 0 saturated carbocycles. The molecule has 4 rings (SSSR count). The predicted molar refractivity (Wildman–Crippen MR) is 114 cm³/mol. The van der Waals surface area contributed by atoms with E-state index in [9.17, 15) is 13.6 Å². The standard InChI is InChI=1S/C23H34F2N4O/c1-23(2,3)19-13-20-26-17(12-18(21(24)25)29(20)27-19)16-10-7-11-28(14-16)22(30)15-8-5-4-6-9-15/h4-5,13,15-18,21,26H,6-12,14H2,1-3H3/t15-,16-,17-,18+/m0/s1. The summed E-state index contributed by atoms with van der Waals surface area (Å²) in [6, 6.07) is 0.932. The monoisotopic (exact) mass is 420 g/mol. The van der Waals surface area contributed by atoms with Crippen molar-refractivity contribution in [1.29, 1.82) is 0 Å². The number of hydrogen-bond donors (Lipinski definition) is 1. The van der Waals surface area contributed by atoms with Crippen molar-refractivity contribution in [3.8, 4) is 0 Å². The van der Waals surface area contributed by atoms with Crippen LogP contribution in [0.25, 0.3) is 0 Å². The molecule has 2 aliphatic heterocycles. The number of piperidine rings is 1. The number of fused-ring (bicyclic) bond motifs is 1. The van der Waals surface area contributed by atoms with Crippen molar-refractivity contribution < 1.29 is 13.6 Å². The maximum absolute atomic E-state index is 13.9. The number of likely N-dealkylation sites (tertiary alicyclic amines) is 1. The lowest BCUT2D eigenvalue weighted by molar-refractivity contribution is -0.137. The zero-order chi connectivity index (χ0) is 21.5. The highest BCUT2D eigenvalue weighted by atomic mass is 19.3. The van der Waals surface area contributed by atoms with Crippen LogP contribution in [-0.4, -0.2) is 46.1 Å². The Balaban J connectivity index is 1.50. The first-order chi connectivity index (χ1) is 14.2. The molecule has 0 spiro atoms. The molecule has 7 heteroatoms. The highest BCUT2D eigenvalue weighted by molar-refractivity contribution is 5.79. The number of alkyl halides is 2. The first kappa shape index (κ1) is 21.3. The fourth-order valence-electron chi connectivity index (χ4n) is 5.07. The minimum Gasteiger partial charge on any atom is -0.367 e. The van der Waals surface area contributed by atoms with Gasteiger partial charge in [-0.15, -0.1) is 0 Å². The minimum absolute atomic E-state index is 0.0668. The molecule has 3 aliphatic rings. The number of allylic oxidation sites excluding steroid dienone is 2. The first-order valence-electron chi connectivity index (χ1n) is 11.3. The molecule has 1 fully saturated rings. The van der Waals surface area contributed by atoms with Crippen LogP contribution in [0.2, 0.25) is 0 Å². The van der Waals surface area contributed by atoms with Gasteiger partial charge < -0.3 is 10.2 Å². The molecule has 1 aromatic heterocycles. The number of nitrogens with zero attached hydrogens (tertiary/aromatic N) is 3. The third-order valence-corrected chi connectivity index (χ3v) is 6.89. The lowest BCUT2D eigenvalue weighted by atomic mass is 9.84. The van der Waals surface area contributed by atoms with Crippen LogP contribution < -0.4 is 5.32 Å². The van der Waals surface area contributed by atoms with Gasteiger partial charge in [-0.25, -0.2) is 13.5 Å². The predicted octanol–water partition coefficient (Wildman–Crippen LogP) is 4.77. The topological polar surface area (TPSA) is 50.2 Å². The van der Waals surface area contributed by atoms with Gasteiger partial charge in [-0.1, -0.05) is 32.9 Å². The van der Waals surface area contributed by atoms with Crippen LogP contribution in [0.15, 0.2) is 18.2 Å². The molecule has 1 aromatic rings. The molecular weight excluding hydrogens is 386 g/mol. The summed E-state index contributed by atoms with van der Waals surface area (Å²) in [5.74, 6) is 1.19. The van der Waals surface area contributed by atoms with Crippen LogP contribution in [0, 0.1) is 11.8 Å². The molecular formula is C23H34F2N4O. The number of carbonyl (C=O) groups excluding carboxylic acids is 1. The Morgan fingerprint density at radius 2 is 2.07 bits per heavy atom. The Morgan fingerprint density at radius 3 is 2.73 bits per heavy atom. The zero-order valence-corrected chi connectivity index (χ0v) is 18.3. The maximum Gasteiger partial charge on any atom is 0.260 e. The number of carbonyl (C=O) groups is 1. The molecule has 30 heavy (non-hydrogen) atoms. The summed E-state index contributed by atoms with van der Waals surface area (Å²) < 4.78 is 29.4. The number of anilines is 1. The molecule has 5 nitrogen and oxygen atoms in total. The van der Waals surface area contributed by atoms with E-state index in [4.69, 9.17) is 0 Å². The molecule has 1 N–H and O–H groups in total. The van der Waals surface area contributed by atoms with Gasteiger partial charge in [0.2, 0.25) is 5.91 Å². The summed E-state index contributed by atoms with van der Waals surface area (Å²) >= 11 is 0. The van der Waals surface area contributed by atoms with E-state index in [1.807, 2.05) is 31.7 Å². The van der Waals surface area contributed by atoms with Gasteiger partial charge in [0.05, 0.1) is 5.69 Å². The van der Waals surface area contributed by atoms with Crippen molar-refractivity contribution in [3.05, 3.63) is 23.9 Å². The second kappa shape index (κ2) is 8.31. The second-order valence-corrected chi connectivity index (χ2v) is 10.2. The average molecular weight is 421 g/mol. The molecule has 1 amide bonds. The van der Waals surface area contributed by atoms with Gasteiger partial charge in [-0.05, 0) is 44.4 Å². The molecule has 0 unspecified atom stereocenters. The van der Waals surface area contributed by atoms with Crippen molar-refractivity contribution in [2.75, 3.05) is 18.4 Å². The number of halogens is 2. The van der Waals surface area contributed by atoms with Crippen molar-refractivity contribution in [2.24, 2.45) is 11.8 Å². The first-order valence-corrected chi connectivity index (χ1v) is 11.3. The van der Waals surface area contributed by atoms with Gasteiger partial charge >= 0.3 is 0 Å². The molecule has 166 valence electrons. The second-order valence-electron chi connectivity index (χ2n) is 10.2. The highest BCUT2D eigenvalue weighted by Gasteiger charge is 2.40. The van der Waals surface area contributed by atoms with Crippen LogP contribution in [0.4, 0.5) is 14.6 Å². The van der Waals surface area contributed by atoms with Crippen LogP contribution >= 0.6 is 0 Å². The van der Waals surface area contributed by atoms with E-state index in [2.05, 4.69) is 22.6 Å². The summed E-state index contributed by atoms with van der Waals surface area (Å²) in [6.45, 7) is 7.57. The molecule has 0 aromatic carbocycles. The Hall–Kier alpha value is -1.92. The molecule has 4 atom stereocenters. The van der Waals surface area contributed by atoms with Gasteiger partial charge in [0, 0.05) is 36.5 Å². The van der Waals surface area contributed by atoms with Crippen molar-refractivity contribution in [1.82, 2.24) is 14.7 Å². The summed E-state index contributed by atoms with van der Waals surface area (Å²) in [5, 5.41) is 8.01. The molecule has 1 aliphatic carbocycles. The van der Waals surface area contributed by atoms with E-state index in [0.29, 0.717) is 18.8 Å². The SMILES string of the molecule is CC(C)(C)c1cc2n(n1)[C@@H](C(F)F)C[C@@H]([C@H]1CCCN(C(=O)[C@H]3CC=CCC3)C1)N2. The quantitative estimate of drug-likeness (QED) is 0.717. The van der Waals surface area contributed by atoms with Gasteiger partial charge in [-0.2, -0.15) is 5.10 Å². The van der Waals surface area contributed by atoms with E-state index in [1.165, 1.54) is 4.68 Å². The molecule has 0 radical (unpaired) electrons. The van der Waals surface area contributed by atoms with Crippen LogP contribution in [0.1, 0.15) is 71.0 Å². The normalized spacial score (nSPS) is 29.6. The van der Waals surface area contributed by atoms with E-state index in [-0.39, 0.29) is 29.2 Å². The van der Waals surface area contributed by atoms with E-state index < -0.39 is 12.5 Å². The van der Waals surface area contributed by atoms with Crippen molar-refractivity contribution in [2.45, 2.75) is 83.2 Å². The van der Waals surface area contributed by atoms with Crippen LogP contribution in [0.5, 0.6) is 0 Å². The Morgan fingerprint density at radius 1 is 1.27 bits per heavy atom. The number of hydrogen-bond acceptors (Lipinski definition) is 3. The summed E-state index contributed by atoms with van der Waals surface area (Å²) in [6.07, 6.45) is 6.74. The van der Waals surface area contributed by atoms with Crippen LogP contribution in [0.3, 0.4) is 0 Å². The Labute approximate surface area is 177 Å². The van der Waals surface area contributed by atoms with E-state index in [0.717, 1.165) is 44.3 Å². The van der Waals surface area contributed by atoms with Crippen molar-refractivity contribution >= 4 is 11.7 Å². The Bertz CT molecular complexity index is 798. The van der Waals surface area contributed by atoms with Gasteiger partial charge in [-0.3, -0.25) is 4.79 Å². The highest BCUT2D eigenvalue weighted by Crippen LogP contribution is 2.38. The van der Waals surface area contributed by atoms with Gasteiger partial charge in [0.15, 0.2) is 0 Å². The maximum atomic E-state index is 13.9. The fraction of sp³-hybridized carbons (Fsp3) is 0.739.